The van der Waals surface area contributed by atoms with Gasteiger partial charge in [-0.1, -0.05) is 31.5 Å². The number of amides is 1. The van der Waals surface area contributed by atoms with E-state index in [2.05, 4.69) is 23.9 Å². The molecule has 1 saturated heterocycles. The molecule has 7 heteroatoms. The van der Waals surface area contributed by atoms with E-state index in [1.807, 2.05) is 48.7 Å². The molecule has 3 aromatic rings. The van der Waals surface area contributed by atoms with Crippen molar-refractivity contribution >= 4 is 23.2 Å². The molecular weight excluding hydrogens is 338 g/mol. The zero-order valence-corrected chi connectivity index (χ0v) is 15.2. The van der Waals surface area contributed by atoms with Crippen LogP contribution in [0.25, 0.3) is 5.65 Å². The minimum Gasteiger partial charge on any atom is -0.336 e. The molecule has 4 heterocycles. The first-order chi connectivity index (χ1) is 11.9. The highest BCUT2D eigenvalue weighted by Crippen LogP contribution is 2.42. The second-order valence-corrected chi connectivity index (χ2v) is 7.71. The van der Waals surface area contributed by atoms with Crippen molar-refractivity contribution in [2.75, 3.05) is 13.1 Å². The molecule has 0 aliphatic carbocycles. The van der Waals surface area contributed by atoms with Gasteiger partial charge in [-0.25, -0.2) is 4.98 Å². The van der Waals surface area contributed by atoms with Crippen molar-refractivity contribution < 1.29 is 4.79 Å². The summed E-state index contributed by atoms with van der Waals surface area (Å²) in [5.74, 6) is 0.159. The lowest BCUT2D eigenvalue weighted by molar-refractivity contribution is 0.0771. The number of hydrogen-bond donors (Lipinski definition) is 0. The summed E-state index contributed by atoms with van der Waals surface area (Å²) in [5, 5.41) is 4.53. The van der Waals surface area contributed by atoms with E-state index < -0.39 is 0 Å². The summed E-state index contributed by atoms with van der Waals surface area (Å²) in [6.07, 6.45) is 5.74. The van der Waals surface area contributed by atoms with Crippen LogP contribution in [-0.4, -0.2) is 43.1 Å². The van der Waals surface area contributed by atoms with Crippen LogP contribution >= 0.6 is 11.6 Å². The lowest BCUT2D eigenvalue weighted by atomic mass is 9.79. The molecule has 0 N–H and O–H groups in total. The Morgan fingerprint density at radius 3 is 2.88 bits per heavy atom. The summed E-state index contributed by atoms with van der Waals surface area (Å²) in [4.78, 5) is 19.3. The van der Waals surface area contributed by atoms with Crippen molar-refractivity contribution in [3.63, 3.8) is 0 Å². The highest BCUT2D eigenvalue weighted by Gasteiger charge is 2.43. The number of carbonyl (C=O) groups is 1. The molecule has 0 bridgehead atoms. The number of halogens is 1. The molecule has 130 valence electrons. The Bertz CT molecular complexity index is 957. The molecule has 1 aliphatic heterocycles. The molecule has 1 fully saturated rings. The van der Waals surface area contributed by atoms with E-state index in [0.29, 0.717) is 24.4 Å². The third-order valence-corrected chi connectivity index (χ3v) is 5.31. The second-order valence-electron chi connectivity index (χ2n) is 7.35. The largest absolute Gasteiger partial charge is 0.336 e. The summed E-state index contributed by atoms with van der Waals surface area (Å²) < 4.78 is 3.56. The number of hydrogen-bond acceptors (Lipinski definition) is 3. The zero-order valence-electron chi connectivity index (χ0n) is 14.5. The van der Waals surface area contributed by atoms with E-state index in [1.165, 1.54) is 0 Å². The molecule has 4 rings (SSSR count). The average molecular weight is 358 g/mol. The first-order valence-electron chi connectivity index (χ1n) is 8.27. The number of pyridine rings is 1. The highest BCUT2D eigenvalue weighted by molar-refractivity contribution is 6.32. The van der Waals surface area contributed by atoms with Gasteiger partial charge in [-0.15, -0.1) is 0 Å². The van der Waals surface area contributed by atoms with Crippen molar-refractivity contribution in [3.05, 3.63) is 53.2 Å². The van der Waals surface area contributed by atoms with Crippen LogP contribution in [0, 0.1) is 5.41 Å². The Morgan fingerprint density at radius 1 is 1.36 bits per heavy atom. The standard InChI is InChI=1S/C18H20ClN5O/c1-18(2)11-23(10-13(18)12-8-20-22(3)9-12)17(25)15-16(19)21-14-6-4-5-7-24(14)15/h4-9,13H,10-11H2,1-3H3. The maximum absolute atomic E-state index is 13.2. The fourth-order valence-electron chi connectivity index (χ4n) is 3.77. The number of rotatable bonds is 2. The van der Waals surface area contributed by atoms with Gasteiger partial charge in [0, 0.05) is 38.4 Å². The number of aromatic nitrogens is 4. The lowest BCUT2D eigenvalue weighted by Gasteiger charge is -2.24. The fourth-order valence-corrected chi connectivity index (χ4v) is 4.03. The van der Waals surface area contributed by atoms with Gasteiger partial charge in [0.25, 0.3) is 5.91 Å². The Labute approximate surface area is 151 Å². The van der Waals surface area contributed by atoms with Gasteiger partial charge < -0.3 is 4.90 Å². The fraction of sp³-hybridized carbons (Fsp3) is 0.389. The Balaban J connectivity index is 1.68. The molecular formula is C18H20ClN5O. The SMILES string of the molecule is Cn1cc(C2CN(C(=O)c3c(Cl)nc4ccccn34)CC2(C)C)cn1. The van der Waals surface area contributed by atoms with Crippen molar-refractivity contribution in [1.29, 1.82) is 0 Å². The molecule has 6 nitrogen and oxygen atoms in total. The van der Waals surface area contributed by atoms with Gasteiger partial charge in [0.2, 0.25) is 0 Å². The summed E-state index contributed by atoms with van der Waals surface area (Å²) >= 11 is 6.28. The average Bonchev–Trinajstić information content (AvgIpc) is 3.21. The van der Waals surface area contributed by atoms with E-state index in [0.717, 1.165) is 5.56 Å². The number of carbonyl (C=O) groups excluding carboxylic acids is 1. The van der Waals surface area contributed by atoms with Gasteiger partial charge >= 0.3 is 0 Å². The van der Waals surface area contributed by atoms with Crippen LogP contribution in [0.4, 0.5) is 0 Å². The molecule has 0 saturated carbocycles. The number of nitrogens with zero attached hydrogens (tertiary/aromatic N) is 5. The smallest absolute Gasteiger partial charge is 0.274 e. The number of imidazole rings is 1. The molecule has 1 aliphatic rings. The van der Waals surface area contributed by atoms with Crippen LogP contribution < -0.4 is 0 Å². The molecule has 0 spiro atoms. The van der Waals surface area contributed by atoms with Crippen LogP contribution in [0.15, 0.2) is 36.8 Å². The van der Waals surface area contributed by atoms with Crippen LogP contribution in [-0.2, 0) is 7.05 Å². The minimum absolute atomic E-state index is 0.0361. The first kappa shape index (κ1) is 16.1. The monoisotopic (exact) mass is 357 g/mol. The zero-order chi connectivity index (χ0) is 17.8. The summed E-state index contributed by atoms with van der Waals surface area (Å²) in [7, 11) is 1.91. The number of fused-ring (bicyclic) bond motifs is 1. The molecule has 0 radical (unpaired) electrons. The van der Waals surface area contributed by atoms with E-state index in [1.54, 1.807) is 9.08 Å². The maximum atomic E-state index is 13.2. The second kappa shape index (κ2) is 5.59. The summed E-state index contributed by atoms with van der Waals surface area (Å²) in [5.41, 5.74) is 2.23. The third-order valence-electron chi connectivity index (χ3n) is 5.05. The van der Waals surface area contributed by atoms with Gasteiger partial charge in [0.05, 0.1) is 6.20 Å². The maximum Gasteiger partial charge on any atom is 0.274 e. The van der Waals surface area contributed by atoms with Gasteiger partial charge in [-0.05, 0) is 23.1 Å². The molecule has 1 unspecified atom stereocenters. The predicted molar refractivity (Wildman–Crippen MR) is 95.8 cm³/mol. The van der Waals surface area contributed by atoms with Crippen molar-refractivity contribution in [3.8, 4) is 0 Å². The molecule has 1 atom stereocenters. The predicted octanol–water partition coefficient (Wildman–Crippen LogP) is 2.99. The van der Waals surface area contributed by atoms with Gasteiger partial charge in [-0.2, -0.15) is 5.10 Å². The Kier molecular flexibility index (Phi) is 3.61. The Morgan fingerprint density at radius 2 is 2.16 bits per heavy atom. The molecule has 0 aromatic carbocycles. The molecule has 25 heavy (non-hydrogen) atoms. The van der Waals surface area contributed by atoms with Crippen molar-refractivity contribution in [2.24, 2.45) is 12.5 Å². The van der Waals surface area contributed by atoms with Crippen LogP contribution in [0.3, 0.4) is 0 Å². The summed E-state index contributed by atoms with van der Waals surface area (Å²) in [6.45, 7) is 5.69. The Hall–Kier alpha value is -2.34. The normalized spacial score (nSPS) is 19.7. The third kappa shape index (κ3) is 2.61. The first-order valence-corrected chi connectivity index (χ1v) is 8.65. The van der Waals surface area contributed by atoms with Crippen LogP contribution in [0.2, 0.25) is 5.15 Å². The van der Waals surface area contributed by atoms with E-state index in [9.17, 15) is 4.79 Å². The topological polar surface area (TPSA) is 55.4 Å². The van der Waals surface area contributed by atoms with Crippen LogP contribution in [0.5, 0.6) is 0 Å². The van der Waals surface area contributed by atoms with E-state index >= 15 is 0 Å². The number of aryl methyl sites for hydroxylation is 1. The van der Waals surface area contributed by atoms with Gasteiger partial charge in [0.15, 0.2) is 10.8 Å². The van der Waals surface area contributed by atoms with E-state index in [-0.39, 0.29) is 22.4 Å². The lowest BCUT2D eigenvalue weighted by Crippen LogP contribution is -2.31. The molecule has 1 amide bonds. The van der Waals surface area contributed by atoms with Gasteiger partial charge in [0.1, 0.15) is 5.65 Å². The van der Waals surface area contributed by atoms with Crippen molar-refractivity contribution in [2.45, 2.75) is 19.8 Å². The highest BCUT2D eigenvalue weighted by atomic mass is 35.5. The van der Waals surface area contributed by atoms with Crippen LogP contribution in [0.1, 0.15) is 35.8 Å². The van der Waals surface area contributed by atoms with E-state index in [4.69, 9.17) is 11.6 Å². The van der Waals surface area contributed by atoms with Gasteiger partial charge in [-0.3, -0.25) is 13.9 Å². The van der Waals surface area contributed by atoms with Crippen molar-refractivity contribution in [1.82, 2.24) is 24.1 Å². The summed E-state index contributed by atoms with van der Waals surface area (Å²) in [6, 6.07) is 5.59. The quantitative estimate of drug-likeness (QED) is 0.708. The molecule has 3 aromatic heterocycles. The minimum atomic E-state index is -0.0804. The number of likely N-dealkylation sites (tertiary alicyclic amines) is 1.